The minimum Gasteiger partial charge on any atom is -0.490 e. The smallest absolute Gasteiger partial charge is 0.123 e. The topological polar surface area (TPSA) is 14.2 Å². The van der Waals surface area contributed by atoms with Crippen LogP contribution in [0.3, 0.4) is 0 Å². The molecule has 1 aromatic heterocycles. The van der Waals surface area contributed by atoms with E-state index >= 15 is 0 Å². The summed E-state index contributed by atoms with van der Waals surface area (Å²) in [5.74, 6) is 1.52. The van der Waals surface area contributed by atoms with E-state index in [1.807, 2.05) is 0 Å². The predicted molar refractivity (Wildman–Crippen MR) is 117 cm³/mol. The van der Waals surface area contributed by atoms with Crippen molar-refractivity contribution in [1.29, 1.82) is 0 Å². The van der Waals surface area contributed by atoms with E-state index in [1.54, 1.807) is 0 Å². The molecule has 0 radical (unpaired) electrons. The van der Waals surface area contributed by atoms with Crippen LogP contribution in [0.5, 0.6) is 5.75 Å². The maximum Gasteiger partial charge on any atom is 0.123 e. The lowest BCUT2D eigenvalue weighted by Crippen LogP contribution is -2.20. The molecule has 28 heavy (non-hydrogen) atoms. The molecule has 0 saturated carbocycles. The van der Waals surface area contributed by atoms with E-state index in [0.717, 1.165) is 18.6 Å². The molecule has 3 aromatic carbocycles. The van der Waals surface area contributed by atoms with Gasteiger partial charge in [0.2, 0.25) is 0 Å². The number of aryl methyl sites for hydroxylation is 1. The molecule has 5 rings (SSSR count). The number of hydrogen-bond acceptors (Lipinski definition) is 1. The maximum atomic E-state index is 6.27. The summed E-state index contributed by atoms with van der Waals surface area (Å²) in [6.07, 6.45) is 2.39. The van der Waals surface area contributed by atoms with Crippen molar-refractivity contribution in [3.8, 4) is 5.75 Å². The number of aromatic nitrogens is 1. The highest BCUT2D eigenvalue weighted by Gasteiger charge is 2.34. The van der Waals surface area contributed by atoms with Crippen LogP contribution in [0.2, 0.25) is 0 Å². The van der Waals surface area contributed by atoms with Gasteiger partial charge in [-0.2, -0.15) is 0 Å². The van der Waals surface area contributed by atoms with Crippen molar-refractivity contribution in [1.82, 2.24) is 4.57 Å². The summed E-state index contributed by atoms with van der Waals surface area (Å²) in [6, 6.07) is 24.6. The van der Waals surface area contributed by atoms with Gasteiger partial charge in [-0.1, -0.05) is 55.0 Å². The van der Waals surface area contributed by atoms with E-state index in [0.29, 0.717) is 12.0 Å². The Morgan fingerprint density at radius 1 is 0.929 bits per heavy atom. The lowest BCUT2D eigenvalue weighted by Gasteiger charge is -2.24. The van der Waals surface area contributed by atoms with Gasteiger partial charge < -0.3 is 9.30 Å². The van der Waals surface area contributed by atoms with Crippen LogP contribution >= 0.6 is 0 Å². The first-order valence-corrected chi connectivity index (χ1v) is 10.4. The molecule has 3 unspecified atom stereocenters. The molecule has 142 valence electrons. The van der Waals surface area contributed by atoms with Gasteiger partial charge in [0.25, 0.3) is 0 Å². The Balaban J connectivity index is 1.60. The fourth-order valence-electron chi connectivity index (χ4n) is 5.05. The third-order valence-electron chi connectivity index (χ3n) is 6.35. The molecule has 0 saturated heterocycles. The lowest BCUT2D eigenvalue weighted by molar-refractivity contribution is 0.189. The Bertz CT molecular complexity index is 1160. The molecule has 0 spiro atoms. The summed E-state index contributed by atoms with van der Waals surface area (Å²) in [5, 5.41) is 2.71. The third kappa shape index (κ3) is 2.63. The molecule has 0 amide bonds. The van der Waals surface area contributed by atoms with Gasteiger partial charge in [0.15, 0.2) is 0 Å². The Labute approximate surface area is 166 Å². The van der Waals surface area contributed by atoms with Gasteiger partial charge in [-0.3, -0.25) is 0 Å². The molecule has 2 heteroatoms. The average molecular weight is 370 g/mol. The number of rotatable bonds is 4. The van der Waals surface area contributed by atoms with Crippen LogP contribution in [0.4, 0.5) is 0 Å². The first-order valence-electron chi connectivity index (χ1n) is 10.4. The van der Waals surface area contributed by atoms with Gasteiger partial charge in [0.05, 0.1) is 0 Å². The average Bonchev–Trinajstić information content (AvgIpc) is 3.23. The zero-order valence-electron chi connectivity index (χ0n) is 16.9. The van der Waals surface area contributed by atoms with Crippen molar-refractivity contribution >= 4 is 21.8 Å². The monoisotopic (exact) mass is 369 g/mol. The van der Waals surface area contributed by atoms with Gasteiger partial charge in [0, 0.05) is 39.3 Å². The molecular formula is C26H27NO. The molecule has 0 fully saturated rings. The fourth-order valence-corrected chi connectivity index (χ4v) is 5.05. The largest absolute Gasteiger partial charge is 0.490 e. The summed E-state index contributed by atoms with van der Waals surface area (Å²) in [5.41, 5.74) is 5.35. The van der Waals surface area contributed by atoms with E-state index in [2.05, 4.69) is 92.1 Å². The molecule has 2 nitrogen and oxygen atoms in total. The van der Waals surface area contributed by atoms with Gasteiger partial charge >= 0.3 is 0 Å². The summed E-state index contributed by atoms with van der Waals surface area (Å²) in [4.78, 5) is 0. The van der Waals surface area contributed by atoms with Crippen LogP contribution in [0.1, 0.15) is 49.8 Å². The van der Waals surface area contributed by atoms with Crippen LogP contribution < -0.4 is 4.74 Å². The second-order valence-corrected chi connectivity index (χ2v) is 8.20. The number of fused-ring (bicyclic) bond motifs is 4. The Hall–Kier alpha value is -2.74. The van der Waals surface area contributed by atoms with E-state index in [-0.39, 0.29) is 6.10 Å². The highest BCUT2D eigenvalue weighted by molar-refractivity contribution is 6.08. The molecular weight excluding hydrogens is 342 g/mol. The van der Waals surface area contributed by atoms with E-state index in [9.17, 15) is 0 Å². The van der Waals surface area contributed by atoms with Gasteiger partial charge in [-0.15, -0.1) is 0 Å². The van der Waals surface area contributed by atoms with Gasteiger partial charge in [-0.05, 0) is 51.0 Å². The third-order valence-corrected chi connectivity index (χ3v) is 6.35. The molecule has 1 aliphatic rings. The van der Waals surface area contributed by atoms with Crippen LogP contribution in [-0.4, -0.2) is 10.7 Å². The Morgan fingerprint density at radius 3 is 2.54 bits per heavy atom. The van der Waals surface area contributed by atoms with E-state index in [4.69, 9.17) is 4.74 Å². The van der Waals surface area contributed by atoms with Crippen molar-refractivity contribution in [3.63, 3.8) is 0 Å². The summed E-state index contributed by atoms with van der Waals surface area (Å²) in [7, 11) is 0. The molecule has 4 aromatic rings. The first kappa shape index (κ1) is 17.4. The summed E-state index contributed by atoms with van der Waals surface area (Å²) < 4.78 is 8.81. The molecule has 0 aliphatic carbocycles. The van der Waals surface area contributed by atoms with Crippen molar-refractivity contribution in [3.05, 3.63) is 77.9 Å². The Kier molecular flexibility index (Phi) is 4.16. The fraction of sp³-hybridized carbons (Fsp3) is 0.308. The minimum atomic E-state index is 0.273. The van der Waals surface area contributed by atoms with Crippen molar-refractivity contribution in [2.45, 2.75) is 51.7 Å². The number of ether oxygens (including phenoxy) is 1. The van der Waals surface area contributed by atoms with Crippen molar-refractivity contribution in [2.24, 2.45) is 0 Å². The molecule has 1 aliphatic heterocycles. The number of hydrogen-bond donors (Lipinski definition) is 0. The van der Waals surface area contributed by atoms with Crippen LogP contribution in [0.25, 0.3) is 21.8 Å². The van der Waals surface area contributed by atoms with Crippen LogP contribution in [-0.2, 0) is 0 Å². The molecule has 0 bridgehead atoms. The number of para-hydroxylation sites is 2. The Morgan fingerprint density at radius 2 is 1.68 bits per heavy atom. The highest BCUT2D eigenvalue weighted by Crippen LogP contribution is 2.44. The van der Waals surface area contributed by atoms with Crippen molar-refractivity contribution in [2.75, 3.05) is 0 Å². The van der Waals surface area contributed by atoms with Crippen molar-refractivity contribution < 1.29 is 4.74 Å². The lowest BCUT2D eigenvalue weighted by atomic mass is 9.88. The standard InChI is InChI=1S/C26H27NO/c1-4-25-22(20-10-6-8-12-26(20)28-25)16-18(3)27-23-11-7-5-9-19(23)21-15-17(2)13-14-24(21)27/h5-15,18,22,25H,4,16H2,1-3H3. The van der Waals surface area contributed by atoms with E-state index < -0.39 is 0 Å². The second-order valence-electron chi connectivity index (χ2n) is 8.20. The second kappa shape index (κ2) is 6.70. The number of benzene rings is 3. The number of nitrogens with zero attached hydrogens (tertiary/aromatic N) is 1. The molecule has 3 atom stereocenters. The van der Waals surface area contributed by atoms with Gasteiger partial charge in [0.1, 0.15) is 11.9 Å². The zero-order chi connectivity index (χ0) is 19.3. The zero-order valence-corrected chi connectivity index (χ0v) is 16.9. The van der Waals surface area contributed by atoms with Crippen LogP contribution in [0, 0.1) is 6.92 Å². The molecule has 2 heterocycles. The normalized spacial score (nSPS) is 19.7. The quantitative estimate of drug-likeness (QED) is 0.377. The minimum absolute atomic E-state index is 0.273. The van der Waals surface area contributed by atoms with Crippen LogP contribution in [0.15, 0.2) is 66.7 Å². The highest BCUT2D eigenvalue weighted by atomic mass is 16.5. The van der Waals surface area contributed by atoms with Gasteiger partial charge in [-0.25, -0.2) is 0 Å². The predicted octanol–water partition coefficient (Wildman–Crippen LogP) is 7.01. The summed E-state index contributed by atoms with van der Waals surface area (Å²) in [6.45, 7) is 6.77. The summed E-state index contributed by atoms with van der Waals surface area (Å²) >= 11 is 0. The molecule has 0 N–H and O–H groups in total. The maximum absolute atomic E-state index is 6.27. The first-order chi connectivity index (χ1) is 13.7. The SMILES string of the molecule is CCC1Oc2ccccc2C1CC(C)n1c2ccccc2c2cc(C)ccc21. The van der Waals surface area contributed by atoms with E-state index in [1.165, 1.54) is 32.9 Å².